The first kappa shape index (κ1) is 21.1. The van der Waals surface area contributed by atoms with Gasteiger partial charge in [-0.3, -0.25) is 9.48 Å². The van der Waals surface area contributed by atoms with Crippen LogP contribution in [0.25, 0.3) is 11.0 Å². The number of hydrogen-bond donors (Lipinski definition) is 2. The number of rotatable bonds is 4. The summed E-state index contributed by atoms with van der Waals surface area (Å²) < 4.78 is 41.6. The van der Waals surface area contributed by atoms with Gasteiger partial charge in [-0.2, -0.15) is 18.3 Å². The minimum atomic E-state index is -4.55. The molecule has 7 nitrogen and oxygen atoms in total. The Balaban J connectivity index is 1.54. The topological polar surface area (TPSA) is 84.7 Å². The van der Waals surface area contributed by atoms with Gasteiger partial charge in [0.25, 0.3) is 5.91 Å². The molecule has 3 aromatic rings. The third kappa shape index (κ3) is 4.78. The van der Waals surface area contributed by atoms with Gasteiger partial charge in [0.2, 0.25) is 0 Å². The second-order valence-corrected chi connectivity index (χ2v) is 7.95. The zero-order valence-electron chi connectivity index (χ0n) is 17.2. The number of halogens is 3. The number of carbonyl (C=O) groups excluding carboxylic acids is 1. The van der Waals surface area contributed by atoms with Crippen molar-refractivity contribution in [3.8, 4) is 0 Å². The molecule has 2 atom stereocenters. The first-order valence-corrected chi connectivity index (χ1v) is 10.1. The molecule has 0 saturated heterocycles. The van der Waals surface area contributed by atoms with Crippen molar-refractivity contribution in [1.29, 1.82) is 0 Å². The molecule has 1 amide bonds. The molecule has 0 radical (unpaired) electrons. The average Bonchev–Trinajstić information content (AvgIpc) is 3.14. The van der Waals surface area contributed by atoms with Crippen LogP contribution in [-0.4, -0.2) is 37.7 Å². The predicted molar refractivity (Wildman–Crippen MR) is 110 cm³/mol. The van der Waals surface area contributed by atoms with Gasteiger partial charge in [0, 0.05) is 31.0 Å². The van der Waals surface area contributed by atoms with Crippen molar-refractivity contribution in [2.75, 3.05) is 5.32 Å². The fraction of sp³-hybridized carbons (Fsp3) is 0.429. The molecule has 1 saturated carbocycles. The highest BCUT2D eigenvalue weighted by atomic mass is 19.4. The monoisotopic (exact) mass is 432 g/mol. The Kier molecular flexibility index (Phi) is 5.55. The summed E-state index contributed by atoms with van der Waals surface area (Å²) in [7, 11) is 1.74. The molecule has 1 aliphatic carbocycles. The van der Waals surface area contributed by atoms with E-state index in [0.717, 1.165) is 25.3 Å². The van der Waals surface area contributed by atoms with Crippen molar-refractivity contribution in [2.45, 2.75) is 50.9 Å². The van der Waals surface area contributed by atoms with Gasteiger partial charge >= 0.3 is 6.18 Å². The number of pyridine rings is 2. The number of aromatic nitrogens is 4. The summed E-state index contributed by atoms with van der Waals surface area (Å²) in [6, 6.07) is 4.04. The number of alkyl halides is 3. The van der Waals surface area contributed by atoms with E-state index in [1.54, 1.807) is 37.0 Å². The largest absolute Gasteiger partial charge is 0.433 e. The van der Waals surface area contributed by atoms with E-state index in [1.807, 2.05) is 0 Å². The second-order valence-electron chi connectivity index (χ2n) is 7.95. The summed E-state index contributed by atoms with van der Waals surface area (Å²) in [6.07, 6.45) is 1.64. The quantitative estimate of drug-likeness (QED) is 0.654. The van der Waals surface area contributed by atoms with Gasteiger partial charge in [-0.1, -0.05) is 0 Å². The average molecular weight is 432 g/mol. The van der Waals surface area contributed by atoms with E-state index in [1.165, 1.54) is 6.20 Å². The molecule has 10 heteroatoms. The lowest BCUT2D eigenvalue weighted by Crippen LogP contribution is -2.41. The summed E-state index contributed by atoms with van der Waals surface area (Å²) in [5.74, 6) is -0.204. The normalized spacial score (nSPS) is 19.4. The molecule has 3 heterocycles. The number of amides is 1. The van der Waals surface area contributed by atoms with Crippen LogP contribution in [0.3, 0.4) is 0 Å². The van der Waals surface area contributed by atoms with Crippen LogP contribution in [-0.2, 0) is 13.2 Å². The lowest BCUT2D eigenvalue weighted by Gasteiger charge is -2.31. The van der Waals surface area contributed by atoms with Crippen molar-refractivity contribution < 1.29 is 18.0 Å². The van der Waals surface area contributed by atoms with E-state index >= 15 is 0 Å². The summed E-state index contributed by atoms with van der Waals surface area (Å²) in [4.78, 5) is 20.6. The summed E-state index contributed by atoms with van der Waals surface area (Å²) in [6.45, 7) is 1.78. The molecule has 164 valence electrons. The Morgan fingerprint density at radius 1 is 1.19 bits per heavy atom. The molecule has 2 N–H and O–H groups in total. The van der Waals surface area contributed by atoms with Crippen LogP contribution in [0.4, 0.5) is 18.9 Å². The molecule has 0 unspecified atom stereocenters. The molecule has 3 aromatic heterocycles. The number of aryl methyl sites for hydroxylation is 2. The van der Waals surface area contributed by atoms with Crippen LogP contribution in [0.15, 0.2) is 30.6 Å². The zero-order chi connectivity index (χ0) is 22.2. The standard InChI is InChI=1S/C21H23F3N6O/c1-12-6-7-16-19(26-12)17(9-18(29-16)21(22,23)24)27-14-4-3-5-15(8-14)28-20(31)13-10-25-30(2)11-13/h6-7,9-11,14-15H,3-5,8H2,1-2H3,(H,27,29)(H,28,31)/t14-,15+/m0/s1. The van der Waals surface area contributed by atoms with E-state index in [4.69, 9.17) is 0 Å². The van der Waals surface area contributed by atoms with Crippen molar-refractivity contribution in [3.05, 3.63) is 47.5 Å². The predicted octanol–water partition coefficient (Wildman–Crippen LogP) is 3.84. The Hall–Kier alpha value is -3.17. The molecule has 1 fully saturated rings. The minimum absolute atomic E-state index is 0.0798. The van der Waals surface area contributed by atoms with Crippen molar-refractivity contribution in [1.82, 2.24) is 25.1 Å². The lowest BCUT2D eigenvalue weighted by molar-refractivity contribution is -0.140. The van der Waals surface area contributed by atoms with Crippen LogP contribution >= 0.6 is 0 Å². The van der Waals surface area contributed by atoms with E-state index in [2.05, 4.69) is 25.7 Å². The number of hydrogen-bond acceptors (Lipinski definition) is 5. The zero-order valence-corrected chi connectivity index (χ0v) is 17.2. The van der Waals surface area contributed by atoms with Crippen LogP contribution in [0.5, 0.6) is 0 Å². The molecule has 4 rings (SSSR count). The van der Waals surface area contributed by atoms with Crippen molar-refractivity contribution in [3.63, 3.8) is 0 Å². The molecular formula is C21H23F3N6O. The first-order chi connectivity index (χ1) is 14.7. The minimum Gasteiger partial charge on any atom is -0.380 e. The maximum atomic E-state index is 13.4. The van der Waals surface area contributed by atoms with Crippen molar-refractivity contribution >= 4 is 22.6 Å². The number of anilines is 1. The molecule has 1 aliphatic rings. The summed E-state index contributed by atoms with van der Waals surface area (Å²) >= 11 is 0. The van der Waals surface area contributed by atoms with Crippen LogP contribution in [0, 0.1) is 6.92 Å². The fourth-order valence-corrected chi connectivity index (χ4v) is 3.94. The maximum absolute atomic E-state index is 13.4. The summed E-state index contributed by atoms with van der Waals surface area (Å²) in [5, 5.41) is 10.3. The third-order valence-electron chi connectivity index (χ3n) is 5.42. The van der Waals surface area contributed by atoms with E-state index in [-0.39, 0.29) is 23.5 Å². The van der Waals surface area contributed by atoms with Crippen LogP contribution < -0.4 is 10.6 Å². The molecule has 0 aliphatic heterocycles. The van der Waals surface area contributed by atoms with Crippen LogP contribution in [0.2, 0.25) is 0 Å². The second kappa shape index (κ2) is 8.16. The van der Waals surface area contributed by atoms with Gasteiger partial charge in [-0.15, -0.1) is 0 Å². The SMILES string of the molecule is Cc1ccc2nc(C(F)(F)F)cc(N[C@H]3CCC[C@@H](NC(=O)c4cnn(C)c4)C3)c2n1. The summed E-state index contributed by atoms with van der Waals surface area (Å²) in [5.41, 5.74) is 1.14. The van der Waals surface area contributed by atoms with Gasteiger partial charge < -0.3 is 10.6 Å². The molecule has 31 heavy (non-hydrogen) atoms. The van der Waals surface area contributed by atoms with Crippen LogP contribution in [0.1, 0.15) is 47.4 Å². The highest BCUT2D eigenvalue weighted by Gasteiger charge is 2.34. The van der Waals surface area contributed by atoms with Gasteiger partial charge in [0.15, 0.2) is 0 Å². The Morgan fingerprint density at radius 3 is 2.68 bits per heavy atom. The first-order valence-electron chi connectivity index (χ1n) is 10.1. The number of nitrogens with one attached hydrogen (secondary N) is 2. The lowest BCUT2D eigenvalue weighted by atomic mass is 9.90. The smallest absolute Gasteiger partial charge is 0.380 e. The number of fused-ring (bicyclic) bond motifs is 1. The molecule has 0 bridgehead atoms. The Morgan fingerprint density at radius 2 is 1.97 bits per heavy atom. The molecule has 0 aromatic carbocycles. The van der Waals surface area contributed by atoms with Gasteiger partial charge in [0.05, 0.1) is 23.0 Å². The number of carbonyl (C=O) groups is 1. The Labute approximate surface area is 177 Å². The van der Waals surface area contributed by atoms with Gasteiger partial charge in [-0.25, -0.2) is 9.97 Å². The number of nitrogens with zero attached hydrogens (tertiary/aromatic N) is 4. The van der Waals surface area contributed by atoms with Crippen molar-refractivity contribution in [2.24, 2.45) is 7.05 Å². The third-order valence-corrected chi connectivity index (χ3v) is 5.42. The fourth-order valence-electron chi connectivity index (χ4n) is 3.94. The van der Waals surface area contributed by atoms with Gasteiger partial charge in [0.1, 0.15) is 11.2 Å². The van der Waals surface area contributed by atoms with Gasteiger partial charge in [-0.05, 0) is 50.8 Å². The highest BCUT2D eigenvalue weighted by molar-refractivity contribution is 5.94. The molecule has 0 spiro atoms. The Bertz CT molecular complexity index is 1110. The van der Waals surface area contributed by atoms with E-state index in [9.17, 15) is 18.0 Å². The maximum Gasteiger partial charge on any atom is 0.433 e. The van der Waals surface area contributed by atoms with E-state index in [0.29, 0.717) is 28.9 Å². The highest BCUT2D eigenvalue weighted by Crippen LogP contribution is 2.34. The molecular weight excluding hydrogens is 409 g/mol. The van der Waals surface area contributed by atoms with E-state index < -0.39 is 11.9 Å².